The fourth-order valence-electron chi connectivity index (χ4n) is 2.07. The lowest BCUT2D eigenvalue weighted by atomic mass is 10.2. The van der Waals surface area contributed by atoms with Gasteiger partial charge in [0.25, 0.3) is 0 Å². The summed E-state index contributed by atoms with van der Waals surface area (Å²) in [6.45, 7) is 4.82. The molecule has 0 aliphatic carbocycles. The normalized spacial score (nSPS) is 12.9. The number of ether oxygens (including phenoxy) is 1. The predicted octanol–water partition coefficient (Wildman–Crippen LogP) is 2.29. The molecule has 0 bridgehead atoms. The third-order valence-corrected chi connectivity index (χ3v) is 3.74. The summed E-state index contributed by atoms with van der Waals surface area (Å²) in [6, 6.07) is 0.0514. The Morgan fingerprint density at radius 2 is 2.35 bits per heavy atom. The number of fused-ring (bicyclic) bond motifs is 1. The molecule has 0 saturated heterocycles. The minimum atomic E-state index is 0.0514. The highest BCUT2D eigenvalue weighted by atomic mass is 32.1. The van der Waals surface area contributed by atoms with E-state index in [1.165, 1.54) is 0 Å². The smallest absolute Gasteiger partial charge is 0.242 e. The summed E-state index contributed by atoms with van der Waals surface area (Å²) in [5.74, 6) is 1.31. The lowest BCUT2D eigenvalue weighted by Gasteiger charge is -2.06. The highest BCUT2D eigenvalue weighted by Gasteiger charge is 2.17. The standard InChI is InChI=1S/C13H17N5OS/c1-3-17-8-10(7-15-17)19-12-11(6-9(2)14)18-4-5-20-13(18)16-12/h4-5,7-9H,3,6,14H2,1-2H3. The van der Waals surface area contributed by atoms with Gasteiger partial charge in [0.15, 0.2) is 10.7 Å². The fraction of sp³-hybridized carbons (Fsp3) is 0.385. The number of aromatic nitrogens is 4. The van der Waals surface area contributed by atoms with Gasteiger partial charge in [-0.15, -0.1) is 11.3 Å². The zero-order valence-electron chi connectivity index (χ0n) is 11.5. The second kappa shape index (κ2) is 5.26. The van der Waals surface area contributed by atoms with Crippen LogP contribution >= 0.6 is 11.3 Å². The van der Waals surface area contributed by atoms with Crippen molar-refractivity contribution in [2.75, 3.05) is 0 Å². The predicted molar refractivity (Wildman–Crippen MR) is 78.4 cm³/mol. The van der Waals surface area contributed by atoms with Crippen LogP contribution in [0.2, 0.25) is 0 Å². The number of imidazole rings is 1. The maximum atomic E-state index is 5.92. The van der Waals surface area contributed by atoms with Gasteiger partial charge in [-0.05, 0) is 13.8 Å². The SMILES string of the molecule is CCn1cc(Oc2nc3sccn3c2CC(C)N)cn1. The van der Waals surface area contributed by atoms with Crippen LogP contribution in [0, 0.1) is 0 Å². The first-order chi connectivity index (χ1) is 9.67. The Kier molecular flexibility index (Phi) is 3.45. The molecule has 3 aromatic heterocycles. The molecule has 6 nitrogen and oxygen atoms in total. The summed E-state index contributed by atoms with van der Waals surface area (Å²) in [4.78, 5) is 5.44. The van der Waals surface area contributed by atoms with Crippen LogP contribution in [0.5, 0.6) is 11.6 Å². The van der Waals surface area contributed by atoms with Gasteiger partial charge in [-0.25, -0.2) is 0 Å². The van der Waals surface area contributed by atoms with Gasteiger partial charge < -0.3 is 10.5 Å². The van der Waals surface area contributed by atoms with E-state index < -0.39 is 0 Å². The summed E-state index contributed by atoms with van der Waals surface area (Å²) >= 11 is 1.58. The Bertz CT molecular complexity index is 711. The fourth-order valence-corrected chi connectivity index (χ4v) is 2.79. The lowest BCUT2D eigenvalue weighted by Crippen LogP contribution is -2.19. The molecule has 0 spiro atoms. The average Bonchev–Trinajstić information content (AvgIpc) is 3.08. The summed E-state index contributed by atoms with van der Waals surface area (Å²) < 4.78 is 9.73. The molecule has 0 aliphatic heterocycles. The molecule has 0 saturated carbocycles. The number of thiazole rings is 1. The zero-order chi connectivity index (χ0) is 14.1. The topological polar surface area (TPSA) is 70.4 Å². The van der Waals surface area contributed by atoms with Crippen molar-refractivity contribution in [1.29, 1.82) is 0 Å². The van der Waals surface area contributed by atoms with Gasteiger partial charge in [0.1, 0.15) is 0 Å². The molecule has 0 radical (unpaired) electrons. The Labute approximate surface area is 120 Å². The first-order valence-corrected chi connectivity index (χ1v) is 7.45. The number of nitrogens with zero attached hydrogens (tertiary/aromatic N) is 4. The van der Waals surface area contributed by atoms with E-state index in [-0.39, 0.29) is 6.04 Å². The summed E-state index contributed by atoms with van der Waals surface area (Å²) in [6.07, 6.45) is 6.28. The van der Waals surface area contributed by atoms with E-state index in [1.54, 1.807) is 17.5 Å². The molecule has 1 unspecified atom stereocenters. The molecule has 106 valence electrons. The Morgan fingerprint density at radius 1 is 1.50 bits per heavy atom. The molecule has 0 fully saturated rings. The second-order valence-electron chi connectivity index (χ2n) is 4.73. The van der Waals surface area contributed by atoms with Crippen LogP contribution in [0.4, 0.5) is 0 Å². The van der Waals surface area contributed by atoms with Gasteiger partial charge in [0.2, 0.25) is 5.88 Å². The zero-order valence-corrected chi connectivity index (χ0v) is 12.3. The molecule has 0 aliphatic rings. The average molecular weight is 291 g/mol. The van der Waals surface area contributed by atoms with E-state index >= 15 is 0 Å². The van der Waals surface area contributed by atoms with E-state index in [2.05, 4.69) is 10.1 Å². The van der Waals surface area contributed by atoms with Crippen molar-refractivity contribution >= 4 is 16.3 Å². The minimum absolute atomic E-state index is 0.0514. The van der Waals surface area contributed by atoms with E-state index in [0.29, 0.717) is 11.6 Å². The Balaban J connectivity index is 1.95. The third-order valence-electron chi connectivity index (χ3n) is 2.99. The van der Waals surface area contributed by atoms with E-state index in [9.17, 15) is 0 Å². The van der Waals surface area contributed by atoms with Gasteiger partial charge >= 0.3 is 0 Å². The Morgan fingerprint density at radius 3 is 3.05 bits per heavy atom. The third kappa shape index (κ3) is 2.41. The van der Waals surface area contributed by atoms with Gasteiger partial charge in [-0.2, -0.15) is 10.1 Å². The molecular formula is C13H17N5OS. The Hall–Kier alpha value is -1.86. The molecule has 0 aromatic carbocycles. The van der Waals surface area contributed by atoms with Crippen LogP contribution < -0.4 is 10.5 Å². The molecule has 0 amide bonds. The van der Waals surface area contributed by atoms with Gasteiger partial charge in [0.05, 0.1) is 18.1 Å². The van der Waals surface area contributed by atoms with Crippen LogP contribution in [-0.2, 0) is 13.0 Å². The van der Waals surface area contributed by atoms with E-state index in [1.807, 2.05) is 40.7 Å². The number of hydrogen-bond acceptors (Lipinski definition) is 5. The first kappa shape index (κ1) is 13.1. The van der Waals surface area contributed by atoms with Crippen LogP contribution in [0.15, 0.2) is 24.0 Å². The van der Waals surface area contributed by atoms with Crippen LogP contribution in [0.3, 0.4) is 0 Å². The quantitative estimate of drug-likeness (QED) is 0.783. The highest BCUT2D eigenvalue weighted by molar-refractivity contribution is 7.15. The maximum absolute atomic E-state index is 5.92. The van der Waals surface area contributed by atoms with Crippen molar-refractivity contribution in [3.63, 3.8) is 0 Å². The monoisotopic (exact) mass is 291 g/mol. The van der Waals surface area contributed by atoms with Crippen LogP contribution in [-0.4, -0.2) is 25.2 Å². The van der Waals surface area contributed by atoms with Crippen molar-refractivity contribution < 1.29 is 4.74 Å². The molecule has 7 heteroatoms. The minimum Gasteiger partial charge on any atom is -0.434 e. The molecule has 3 rings (SSSR count). The molecule has 2 N–H and O–H groups in total. The number of aryl methyl sites for hydroxylation is 1. The maximum Gasteiger partial charge on any atom is 0.242 e. The number of nitrogens with two attached hydrogens (primary N) is 1. The number of hydrogen-bond donors (Lipinski definition) is 1. The molecule has 20 heavy (non-hydrogen) atoms. The second-order valence-corrected chi connectivity index (χ2v) is 5.61. The van der Waals surface area contributed by atoms with Crippen molar-refractivity contribution in [2.24, 2.45) is 5.73 Å². The van der Waals surface area contributed by atoms with Gasteiger partial charge in [0, 0.05) is 30.6 Å². The van der Waals surface area contributed by atoms with Crippen molar-refractivity contribution in [2.45, 2.75) is 32.9 Å². The largest absolute Gasteiger partial charge is 0.434 e. The summed E-state index contributed by atoms with van der Waals surface area (Å²) in [7, 11) is 0. The molecule has 1 atom stereocenters. The van der Waals surface area contributed by atoms with Crippen molar-refractivity contribution in [3.05, 3.63) is 29.7 Å². The van der Waals surface area contributed by atoms with E-state index in [0.717, 1.165) is 23.6 Å². The van der Waals surface area contributed by atoms with Crippen LogP contribution in [0.25, 0.3) is 4.96 Å². The summed E-state index contributed by atoms with van der Waals surface area (Å²) in [5.41, 5.74) is 6.92. The molecular weight excluding hydrogens is 274 g/mol. The van der Waals surface area contributed by atoms with Crippen LogP contribution in [0.1, 0.15) is 19.5 Å². The molecule has 3 heterocycles. The van der Waals surface area contributed by atoms with Gasteiger partial charge in [-0.3, -0.25) is 9.08 Å². The summed E-state index contributed by atoms with van der Waals surface area (Å²) in [5, 5.41) is 6.20. The van der Waals surface area contributed by atoms with E-state index in [4.69, 9.17) is 10.5 Å². The number of rotatable bonds is 5. The van der Waals surface area contributed by atoms with Gasteiger partial charge in [-0.1, -0.05) is 0 Å². The van der Waals surface area contributed by atoms with Crippen molar-refractivity contribution in [3.8, 4) is 11.6 Å². The lowest BCUT2D eigenvalue weighted by molar-refractivity contribution is 0.455. The van der Waals surface area contributed by atoms with Crippen molar-refractivity contribution in [1.82, 2.24) is 19.2 Å². The first-order valence-electron chi connectivity index (χ1n) is 6.57. The highest BCUT2D eigenvalue weighted by Crippen LogP contribution is 2.28. The molecule has 3 aromatic rings.